The highest BCUT2D eigenvalue weighted by Crippen LogP contribution is 2.23. The van der Waals surface area contributed by atoms with Crippen LogP contribution >= 0.6 is 0 Å². The van der Waals surface area contributed by atoms with E-state index in [2.05, 4.69) is 22.0 Å². The van der Waals surface area contributed by atoms with Gasteiger partial charge in [-0.05, 0) is 33.4 Å². The molecular weight excluding hydrogens is 204 g/mol. The van der Waals surface area contributed by atoms with E-state index in [4.69, 9.17) is 0 Å². The summed E-state index contributed by atoms with van der Waals surface area (Å²) in [5.41, 5.74) is -0.632. The van der Waals surface area contributed by atoms with Gasteiger partial charge in [0, 0.05) is 19.5 Å². The van der Waals surface area contributed by atoms with Gasteiger partial charge in [-0.25, -0.2) is 4.98 Å². The van der Waals surface area contributed by atoms with Crippen LogP contribution < -0.4 is 0 Å². The standard InChI is InChI=1S/C11H20N4O/c1-3-15-10(12-9-13-15)7-11(16)5-4-6-14(2)8-11/h9,16H,3-8H2,1-2H3. The third-order valence-electron chi connectivity index (χ3n) is 3.23. The Balaban J connectivity index is 2.08. The largest absolute Gasteiger partial charge is 0.388 e. The maximum absolute atomic E-state index is 10.5. The van der Waals surface area contributed by atoms with Crippen LogP contribution in [0.15, 0.2) is 6.33 Å². The molecular formula is C11H20N4O. The van der Waals surface area contributed by atoms with Gasteiger partial charge in [0.15, 0.2) is 0 Å². The van der Waals surface area contributed by atoms with Crippen LogP contribution in [0, 0.1) is 0 Å². The molecule has 90 valence electrons. The van der Waals surface area contributed by atoms with E-state index in [1.807, 2.05) is 11.6 Å². The summed E-state index contributed by atoms with van der Waals surface area (Å²) in [7, 11) is 2.05. The van der Waals surface area contributed by atoms with Gasteiger partial charge in [0.1, 0.15) is 12.2 Å². The quantitative estimate of drug-likeness (QED) is 0.802. The smallest absolute Gasteiger partial charge is 0.138 e. The van der Waals surface area contributed by atoms with Crippen molar-refractivity contribution in [2.24, 2.45) is 0 Å². The highest BCUT2D eigenvalue weighted by molar-refractivity contribution is 4.97. The molecule has 0 aliphatic carbocycles. The fraction of sp³-hybridized carbons (Fsp3) is 0.818. The Morgan fingerprint density at radius 2 is 2.38 bits per heavy atom. The van der Waals surface area contributed by atoms with Crippen molar-refractivity contribution in [3.8, 4) is 0 Å². The van der Waals surface area contributed by atoms with Crippen molar-refractivity contribution < 1.29 is 5.11 Å². The molecule has 1 aliphatic rings. The average Bonchev–Trinajstić information content (AvgIpc) is 2.63. The Bertz CT molecular complexity index is 352. The highest BCUT2D eigenvalue weighted by atomic mass is 16.3. The van der Waals surface area contributed by atoms with Gasteiger partial charge in [-0.1, -0.05) is 0 Å². The minimum absolute atomic E-state index is 0.602. The van der Waals surface area contributed by atoms with Crippen molar-refractivity contribution in [2.75, 3.05) is 20.1 Å². The fourth-order valence-corrected chi connectivity index (χ4v) is 2.47. The van der Waals surface area contributed by atoms with Gasteiger partial charge >= 0.3 is 0 Å². The number of hydrogen-bond donors (Lipinski definition) is 1. The first-order valence-corrected chi connectivity index (χ1v) is 5.90. The molecule has 1 fully saturated rings. The lowest BCUT2D eigenvalue weighted by Crippen LogP contribution is -2.48. The van der Waals surface area contributed by atoms with E-state index >= 15 is 0 Å². The summed E-state index contributed by atoms with van der Waals surface area (Å²) in [4.78, 5) is 6.40. The number of nitrogens with zero attached hydrogens (tertiary/aromatic N) is 4. The lowest BCUT2D eigenvalue weighted by atomic mass is 9.89. The molecule has 0 radical (unpaired) electrons. The van der Waals surface area contributed by atoms with E-state index in [-0.39, 0.29) is 0 Å². The maximum atomic E-state index is 10.5. The Hall–Kier alpha value is -0.940. The molecule has 0 spiro atoms. The van der Waals surface area contributed by atoms with Crippen molar-refractivity contribution in [2.45, 2.75) is 38.3 Å². The van der Waals surface area contributed by atoms with Crippen molar-refractivity contribution in [3.63, 3.8) is 0 Å². The molecule has 16 heavy (non-hydrogen) atoms. The summed E-state index contributed by atoms with van der Waals surface area (Å²) in [6, 6.07) is 0. The molecule has 5 heteroatoms. The molecule has 2 rings (SSSR count). The SMILES string of the molecule is CCn1ncnc1CC1(O)CCCN(C)C1. The molecule has 0 saturated carbocycles. The lowest BCUT2D eigenvalue weighted by molar-refractivity contribution is -0.0245. The molecule has 1 N–H and O–H groups in total. The molecule has 1 aliphatic heterocycles. The number of rotatable bonds is 3. The van der Waals surface area contributed by atoms with Crippen molar-refractivity contribution in [3.05, 3.63) is 12.2 Å². The number of likely N-dealkylation sites (tertiary alicyclic amines) is 1. The normalized spacial score (nSPS) is 27.2. The topological polar surface area (TPSA) is 54.2 Å². The predicted octanol–water partition coefficient (Wildman–Crippen LogP) is 0.297. The molecule has 1 unspecified atom stereocenters. The van der Waals surface area contributed by atoms with Crippen LogP contribution in [0.1, 0.15) is 25.6 Å². The van der Waals surface area contributed by atoms with Crippen molar-refractivity contribution in [1.29, 1.82) is 0 Å². The lowest BCUT2D eigenvalue weighted by Gasteiger charge is -2.37. The molecule has 1 saturated heterocycles. The number of piperidine rings is 1. The highest BCUT2D eigenvalue weighted by Gasteiger charge is 2.33. The van der Waals surface area contributed by atoms with Gasteiger partial charge in [-0.3, -0.25) is 4.68 Å². The van der Waals surface area contributed by atoms with Crippen LogP contribution in [0.25, 0.3) is 0 Å². The van der Waals surface area contributed by atoms with Crippen LogP contribution in [0.3, 0.4) is 0 Å². The minimum atomic E-state index is -0.632. The Kier molecular flexibility index (Phi) is 3.25. The zero-order valence-electron chi connectivity index (χ0n) is 10.1. The van der Waals surface area contributed by atoms with Gasteiger partial charge in [0.2, 0.25) is 0 Å². The van der Waals surface area contributed by atoms with Gasteiger partial charge in [0.25, 0.3) is 0 Å². The van der Waals surface area contributed by atoms with Crippen LogP contribution in [-0.4, -0.2) is 50.5 Å². The number of β-amino-alcohol motifs (C(OH)–C–C–N with tert-alkyl or cyclic N) is 1. The Labute approximate surface area is 96.1 Å². The number of aliphatic hydroxyl groups is 1. The van der Waals surface area contributed by atoms with Gasteiger partial charge in [0.05, 0.1) is 5.60 Å². The zero-order chi connectivity index (χ0) is 11.6. The van der Waals surface area contributed by atoms with Gasteiger partial charge < -0.3 is 10.0 Å². The van der Waals surface area contributed by atoms with E-state index in [1.54, 1.807) is 6.33 Å². The molecule has 5 nitrogen and oxygen atoms in total. The van der Waals surface area contributed by atoms with E-state index in [1.165, 1.54) is 0 Å². The first-order valence-electron chi connectivity index (χ1n) is 5.90. The van der Waals surface area contributed by atoms with Crippen LogP contribution in [0.5, 0.6) is 0 Å². The van der Waals surface area contributed by atoms with Crippen molar-refractivity contribution >= 4 is 0 Å². The number of hydrogen-bond acceptors (Lipinski definition) is 4. The summed E-state index contributed by atoms with van der Waals surface area (Å²) in [5, 5.41) is 14.6. The molecule has 1 aromatic rings. The summed E-state index contributed by atoms with van der Waals surface area (Å²) in [5.74, 6) is 0.889. The third-order valence-corrected chi connectivity index (χ3v) is 3.23. The number of aryl methyl sites for hydroxylation is 1. The molecule has 0 bridgehead atoms. The first-order chi connectivity index (χ1) is 7.63. The average molecular weight is 224 g/mol. The van der Waals surface area contributed by atoms with E-state index in [0.717, 1.165) is 38.3 Å². The number of aromatic nitrogens is 3. The van der Waals surface area contributed by atoms with Gasteiger partial charge in [-0.2, -0.15) is 5.10 Å². The second-order valence-corrected chi connectivity index (χ2v) is 4.73. The summed E-state index contributed by atoms with van der Waals surface area (Å²) in [6.07, 6.45) is 4.07. The predicted molar refractivity (Wildman–Crippen MR) is 61.1 cm³/mol. The third kappa shape index (κ3) is 2.41. The molecule has 2 heterocycles. The van der Waals surface area contributed by atoms with E-state index in [9.17, 15) is 5.11 Å². The zero-order valence-corrected chi connectivity index (χ0v) is 10.1. The molecule has 0 aromatic carbocycles. The van der Waals surface area contributed by atoms with E-state index < -0.39 is 5.60 Å². The van der Waals surface area contributed by atoms with Crippen LogP contribution in [0.2, 0.25) is 0 Å². The first kappa shape index (κ1) is 11.5. The second-order valence-electron chi connectivity index (χ2n) is 4.73. The molecule has 0 amide bonds. The second kappa shape index (κ2) is 4.51. The fourth-order valence-electron chi connectivity index (χ4n) is 2.47. The van der Waals surface area contributed by atoms with Gasteiger partial charge in [-0.15, -0.1) is 0 Å². The monoisotopic (exact) mass is 224 g/mol. The molecule has 1 aromatic heterocycles. The Morgan fingerprint density at radius 3 is 3.06 bits per heavy atom. The van der Waals surface area contributed by atoms with Crippen LogP contribution in [-0.2, 0) is 13.0 Å². The van der Waals surface area contributed by atoms with E-state index in [0.29, 0.717) is 6.42 Å². The Morgan fingerprint density at radius 1 is 1.56 bits per heavy atom. The summed E-state index contributed by atoms with van der Waals surface area (Å²) in [6.45, 7) is 4.64. The summed E-state index contributed by atoms with van der Waals surface area (Å²) >= 11 is 0. The van der Waals surface area contributed by atoms with Crippen molar-refractivity contribution in [1.82, 2.24) is 19.7 Å². The minimum Gasteiger partial charge on any atom is -0.388 e. The molecule has 1 atom stereocenters. The maximum Gasteiger partial charge on any atom is 0.138 e. The number of likely N-dealkylation sites (N-methyl/N-ethyl adjacent to an activating group) is 1. The van der Waals surface area contributed by atoms with Crippen LogP contribution in [0.4, 0.5) is 0 Å². The summed E-state index contributed by atoms with van der Waals surface area (Å²) < 4.78 is 1.85.